The van der Waals surface area contributed by atoms with Gasteiger partial charge in [0, 0.05) is 5.54 Å². The quantitative estimate of drug-likeness (QED) is 0.699. The molecular weight excluding hydrogens is 158 g/mol. The van der Waals surface area contributed by atoms with E-state index in [-0.39, 0.29) is 5.54 Å². The molecule has 0 radical (unpaired) electrons. The van der Waals surface area contributed by atoms with E-state index in [1.165, 1.54) is 5.56 Å². The lowest BCUT2D eigenvalue weighted by atomic mass is 9.91. The van der Waals surface area contributed by atoms with Crippen molar-refractivity contribution in [1.82, 2.24) is 0 Å². The standard InChI is InChI=1S/C12H17N/c1-3-9-12(2,13)10-11-7-5-4-6-8-11/h3-8H,1,9-10,13H2,2H3. The third kappa shape index (κ3) is 3.43. The van der Waals surface area contributed by atoms with Gasteiger partial charge in [-0.2, -0.15) is 0 Å². The fraction of sp³-hybridized carbons (Fsp3) is 0.333. The summed E-state index contributed by atoms with van der Waals surface area (Å²) in [6.45, 7) is 5.76. The Hall–Kier alpha value is -1.08. The lowest BCUT2D eigenvalue weighted by Gasteiger charge is -2.22. The van der Waals surface area contributed by atoms with Crippen LogP contribution < -0.4 is 5.73 Å². The van der Waals surface area contributed by atoms with E-state index in [9.17, 15) is 0 Å². The van der Waals surface area contributed by atoms with Crippen molar-refractivity contribution in [2.75, 3.05) is 0 Å². The van der Waals surface area contributed by atoms with Gasteiger partial charge in [-0.3, -0.25) is 0 Å². The molecule has 1 unspecified atom stereocenters. The molecule has 1 atom stereocenters. The van der Waals surface area contributed by atoms with Crippen molar-refractivity contribution in [3.63, 3.8) is 0 Å². The van der Waals surface area contributed by atoms with Crippen molar-refractivity contribution >= 4 is 0 Å². The molecular formula is C12H17N. The predicted molar refractivity (Wildman–Crippen MR) is 57.6 cm³/mol. The highest BCUT2D eigenvalue weighted by Gasteiger charge is 2.16. The average Bonchev–Trinajstić information content (AvgIpc) is 2.04. The smallest absolute Gasteiger partial charge is 0.0201 e. The third-order valence-corrected chi connectivity index (χ3v) is 2.06. The SMILES string of the molecule is C=CCC(C)(N)Cc1ccccc1. The molecule has 0 aromatic heterocycles. The fourth-order valence-corrected chi connectivity index (χ4v) is 1.46. The zero-order valence-corrected chi connectivity index (χ0v) is 8.16. The molecule has 0 bridgehead atoms. The van der Waals surface area contributed by atoms with E-state index in [1.807, 2.05) is 24.3 Å². The highest BCUT2D eigenvalue weighted by atomic mass is 14.7. The van der Waals surface area contributed by atoms with Crippen LogP contribution in [0.3, 0.4) is 0 Å². The zero-order valence-electron chi connectivity index (χ0n) is 8.16. The Morgan fingerprint density at radius 3 is 2.54 bits per heavy atom. The van der Waals surface area contributed by atoms with Gasteiger partial charge in [0.25, 0.3) is 0 Å². The Morgan fingerprint density at radius 2 is 2.00 bits per heavy atom. The van der Waals surface area contributed by atoms with E-state index in [1.54, 1.807) is 0 Å². The number of hydrogen-bond acceptors (Lipinski definition) is 1. The summed E-state index contributed by atoms with van der Waals surface area (Å²) in [7, 11) is 0. The van der Waals surface area contributed by atoms with E-state index >= 15 is 0 Å². The first-order chi connectivity index (χ1) is 6.14. The van der Waals surface area contributed by atoms with Crippen molar-refractivity contribution in [1.29, 1.82) is 0 Å². The molecule has 0 aliphatic rings. The molecule has 0 fully saturated rings. The van der Waals surface area contributed by atoms with E-state index in [4.69, 9.17) is 5.73 Å². The first-order valence-electron chi connectivity index (χ1n) is 4.58. The van der Waals surface area contributed by atoms with Gasteiger partial charge in [-0.1, -0.05) is 36.4 Å². The number of benzene rings is 1. The van der Waals surface area contributed by atoms with Gasteiger partial charge in [0.05, 0.1) is 0 Å². The summed E-state index contributed by atoms with van der Waals surface area (Å²) in [6.07, 6.45) is 3.63. The lowest BCUT2D eigenvalue weighted by Crippen LogP contribution is -2.37. The van der Waals surface area contributed by atoms with Gasteiger partial charge in [0.2, 0.25) is 0 Å². The maximum atomic E-state index is 6.09. The van der Waals surface area contributed by atoms with E-state index < -0.39 is 0 Å². The van der Waals surface area contributed by atoms with Crippen molar-refractivity contribution in [2.45, 2.75) is 25.3 Å². The maximum Gasteiger partial charge on any atom is 0.0201 e. The molecule has 0 saturated carbocycles. The summed E-state index contributed by atoms with van der Waals surface area (Å²) in [6, 6.07) is 10.3. The second-order valence-electron chi connectivity index (χ2n) is 3.81. The molecule has 2 N–H and O–H groups in total. The summed E-state index contributed by atoms with van der Waals surface area (Å²) in [5.74, 6) is 0. The number of nitrogens with two attached hydrogens (primary N) is 1. The molecule has 13 heavy (non-hydrogen) atoms. The molecule has 1 aromatic rings. The van der Waals surface area contributed by atoms with Gasteiger partial charge in [0.1, 0.15) is 0 Å². The molecule has 0 aliphatic carbocycles. The lowest BCUT2D eigenvalue weighted by molar-refractivity contribution is 0.472. The largest absolute Gasteiger partial charge is 0.325 e. The van der Waals surface area contributed by atoms with Gasteiger partial charge in [-0.05, 0) is 25.3 Å². The Morgan fingerprint density at radius 1 is 1.38 bits per heavy atom. The van der Waals surface area contributed by atoms with Crippen LogP contribution in [0.1, 0.15) is 18.9 Å². The van der Waals surface area contributed by atoms with Crippen LogP contribution in [0.5, 0.6) is 0 Å². The van der Waals surface area contributed by atoms with Crippen molar-refractivity contribution in [3.8, 4) is 0 Å². The third-order valence-electron chi connectivity index (χ3n) is 2.06. The van der Waals surface area contributed by atoms with Crippen LogP contribution >= 0.6 is 0 Å². The Balaban J connectivity index is 2.63. The number of hydrogen-bond donors (Lipinski definition) is 1. The van der Waals surface area contributed by atoms with Crippen LogP contribution in [-0.2, 0) is 6.42 Å². The molecule has 1 heteroatoms. The summed E-state index contributed by atoms with van der Waals surface area (Å²) in [4.78, 5) is 0. The fourth-order valence-electron chi connectivity index (χ4n) is 1.46. The summed E-state index contributed by atoms with van der Waals surface area (Å²) < 4.78 is 0. The first-order valence-corrected chi connectivity index (χ1v) is 4.58. The molecule has 1 nitrogen and oxygen atoms in total. The Bertz CT molecular complexity index is 262. The van der Waals surface area contributed by atoms with Gasteiger partial charge < -0.3 is 5.73 Å². The average molecular weight is 175 g/mol. The number of rotatable bonds is 4. The van der Waals surface area contributed by atoms with Gasteiger partial charge >= 0.3 is 0 Å². The topological polar surface area (TPSA) is 26.0 Å². The Labute approximate surface area is 80.3 Å². The summed E-state index contributed by atoms with van der Waals surface area (Å²) in [5.41, 5.74) is 7.21. The minimum atomic E-state index is -0.164. The normalized spacial score (nSPS) is 14.9. The summed E-state index contributed by atoms with van der Waals surface area (Å²) >= 11 is 0. The van der Waals surface area contributed by atoms with Crippen LogP contribution in [0, 0.1) is 0 Å². The molecule has 1 aromatic carbocycles. The molecule has 0 saturated heterocycles. The molecule has 0 amide bonds. The van der Waals surface area contributed by atoms with Gasteiger partial charge in [-0.25, -0.2) is 0 Å². The molecule has 0 heterocycles. The van der Waals surface area contributed by atoms with Crippen LogP contribution in [0.25, 0.3) is 0 Å². The van der Waals surface area contributed by atoms with E-state index in [2.05, 4.69) is 25.6 Å². The van der Waals surface area contributed by atoms with Crippen LogP contribution in [-0.4, -0.2) is 5.54 Å². The van der Waals surface area contributed by atoms with Crippen molar-refractivity contribution in [3.05, 3.63) is 48.6 Å². The van der Waals surface area contributed by atoms with Crippen molar-refractivity contribution in [2.24, 2.45) is 5.73 Å². The second-order valence-corrected chi connectivity index (χ2v) is 3.81. The monoisotopic (exact) mass is 175 g/mol. The highest BCUT2D eigenvalue weighted by molar-refractivity contribution is 5.17. The van der Waals surface area contributed by atoms with Gasteiger partial charge in [0.15, 0.2) is 0 Å². The maximum absolute atomic E-state index is 6.09. The predicted octanol–water partition coefficient (Wildman–Crippen LogP) is 2.52. The van der Waals surface area contributed by atoms with E-state index in [0.717, 1.165) is 12.8 Å². The minimum Gasteiger partial charge on any atom is -0.325 e. The second kappa shape index (κ2) is 4.24. The van der Waals surface area contributed by atoms with Gasteiger partial charge in [-0.15, -0.1) is 6.58 Å². The van der Waals surface area contributed by atoms with Crippen LogP contribution in [0.15, 0.2) is 43.0 Å². The Kier molecular flexibility index (Phi) is 3.26. The first kappa shape index (κ1) is 10.0. The van der Waals surface area contributed by atoms with Crippen LogP contribution in [0.4, 0.5) is 0 Å². The minimum absolute atomic E-state index is 0.164. The molecule has 0 aliphatic heterocycles. The molecule has 0 spiro atoms. The summed E-state index contributed by atoms with van der Waals surface area (Å²) in [5, 5.41) is 0. The van der Waals surface area contributed by atoms with Crippen molar-refractivity contribution < 1.29 is 0 Å². The van der Waals surface area contributed by atoms with E-state index in [0.29, 0.717) is 0 Å². The highest BCUT2D eigenvalue weighted by Crippen LogP contribution is 2.14. The molecule has 70 valence electrons. The zero-order chi connectivity index (χ0) is 9.73. The molecule has 1 rings (SSSR count). The van der Waals surface area contributed by atoms with Crippen LogP contribution in [0.2, 0.25) is 0 Å².